The molecule has 0 radical (unpaired) electrons. The molecule has 1 N–H and O–H groups in total. The van der Waals surface area contributed by atoms with Gasteiger partial charge in [0.25, 0.3) is 0 Å². The van der Waals surface area contributed by atoms with E-state index in [-0.39, 0.29) is 6.04 Å². The highest BCUT2D eigenvalue weighted by molar-refractivity contribution is 9.10. The summed E-state index contributed by atoms with van der Waals surface area (Å²) < 4.78 is 6.49. The van der Waals surface area contributed by atoms with Crippen LogP contribution in [-0.4, -0.2) is 13.7 Å². The number of hydrogen-bond acceptors (Lipinski definition) is 2. The molecule has 0 aromatic heterocycles. The highest BCUT2D eigenvalue weighted by Gasteiger charge is 2.18. The van der Waals surface area contributed by atoms with E-state index in [1.165, 1.54) is 0 Å². The quantitative estimate of drug-likeness (QED) is 0.733. The predicted octanol–water partition coefficient (Wildman–Crippen LogP) is 5.46. The first-order valence-electron chi connectivity index (χ1n) is 6.61. The summed E-state index contributed by atoms with van der Waals surface area (Å²) in [5, 5.41) is 4.47. The third-order valence-electron chi connectivity index (χ3n) is 3.13. The van der Waals surface area contributed by atoms with Crippen molar-refractivity contribution in [1.29, 1.82) is 0 Å². The molecule has 1 atom stereocenters. The number of rotatable bonds is 5. The largest absolute Gasteiger partial charge is 0.492 e. The third-order valence-corrected chi connectivity index (χ3v) is 4.25. The van der Waals surface area contributed by atoms with Crippen LogP contribution < -0.4 is 10.1 Å². The van der Waals surface area contributed by atoms with Gasteiger partial charge in [-0.1, -0.05) is 51.3 Å². The van der Waals surface area contributed by atoms with Crippen LogP contribution in [0.2, 0.25) is 10.0 Å². The van der Waals surface area contributed by atoms with Crippen molar-refractivity contribution in [2.45, 2.75) is 13.0 Å². The van der Waals surface area contributed by atoms with Gasteiger partial charge in [0.15, 0.2) is 0 Å². The van der Waals surface area contributed by atoms with Gasteiger partial charge in [-0.3, -0.25) is 0 Å². The van der Waals surface area contributed by atoms with Crippen molar-refractivity contribution in [3.05, 3.63) is 62.0 Å². The maximum absolute atomic E-state index is 6.41. The number of nitrogens with one attached hydrogen (secondary N) is 1. The molecule has 0 fully saturated rings. The highest BCUT2D eigenvalue weighted by atomic mass is 79.9. The summed E-state index contributed by atoms with van der Waals surface area (Å²) >= 11 is 16.2. The Balaban J connectivity index is 2.45. The molecule has 5 heteroatoms. The predicted molar refractivity (Wildman–Crippen MR) is 92.7 cm³/mol. The zero-order valence-corrected chi connectivity index (χ0v) is 14.9. The first-order valence-corrected chi connectivity index (χ1v) is 8.16. The Morgan fingerprint density at radius 3 is 2.57 bits per heavy atom. The van der Waals surface area contributed by atoms with Crippen LogP contribution in [0.3, 0.4) is 0 Å². The first-order chi connectivity index (χ1) is 10.1. The van der Waals surface area contributed by atoms with Crippen molar-refractivity contribution < 1.29 is 4.74 Å². The molecule has 0 aliphatic carbocycles. The fourth-order valence-electron chi connectivity index (χ4n) is 2.22. The molecular weight excluding hydrogens is 373 g/mol. The number of benzene rings is 2. The molecule has 2 nitrogen and oxygen atoms in total. The van der Waals surface area contributed by atoms with Crippen LogP contribution >= 0.6 is 39.1 Å². The lowest BCUT2D eigenvalue weighted by molar-refractivity contribution is 0.340. The van der Waals surface area contributed by atoms with Crippen LogP contribution in [0.4, 0.5) is 0 Å². The molecule has 0 aliphatic heterocycles. The molecule has 0 spiro atoms. The van der Waals surface area contributed by atoms with Crippen molar-refractivity contribution in [3.63, 3.8) is 0 Å². The topological polar surface area (TPSA) is 21.3 Å². The highest BCUT2D eigenvalue weighted by Crippen LogP contribution is 2.36. The van der Waals surface area contributed by atoms with E-state index in [2.05, 4.69) is 27.3 Å². The molecule has 0 heterocycles. The van der Waals surface area contributed by atoms with Gasteiger partial charge >= 0.3 is 0 Å². The summed E-state index contributed by atoms with van der Waals surface area (Å²) in [6.45, 7) is 2.46. The second-order valence-electron chi connectivity index (χ2n) is 4.51. The third kappa shape index (κ3) is 3.92. The Bertz CT molecular complexity index is 634. The Kier molecular flexibility index (Phi) is 5.94. The van der Waals surface area contributed by atoms with Gasteiger partial charge in [0.1, 0.15) is 5.75 Å². The van der Waals surface area contributed by atoms with Gasteiger partial charge in [-0.2, -0.15) is 0 Å². The Hall–Kier alpha value is -0.740. The van der Waals surface area contributed by atoms with Gasteiger partial charge in [0.05, 0.1) is 17.7 Å². The fourth-order valence-corrected chi connectivity index (χ4v) is 3.13. The molecule has 112 valence electrons. The Morgan fingerprint density at radius 1 is 1.19 bits per heavy atom. The summed E-state index contributed by atoms with van der Waals surface area (Å²) in [6.07, 6.45) is 0. The van der Waals surface area contributed by atoms with E-state index in [0.717, 1.165) is 15.6 Å². The minimum atomic E-state index is -0.0387. The van der Waals surface area contributed by atoms with Crippen LogP contribution in [0.15, 0.2) is 40.9 Å². The summed E-state index contributed by atoms with van der Waals surface area (Å²) in [7, 11) is 1.90. The molecule has 0 amide bonds. The molecular formula is C16H16BrCl2NO. The second kappa shape index (κ2) is 7.50. The zero-order valence-electron chi connectivity index (χ0n) is 11.8. The normalized spacial score (nSPS) is 12.2. The SMILES string of the molecule is CCOc1cc(Cl)c(C(NC)c2cccc(Br)c2)cc1Cl. The van der Waals surface area contributed by atoms with Gasteiger partial charge in [0, 0.05) is 15.6 Å². The molecule has 2 aromatic rings. The van der Waals surface area contributed by atoms with Crippen LogP contribution in [0.1, 0.15) is 24.1 Å². The first kappa shape index (κ1) is 16.6. The summed E-state index contributed by atoms with van der Waals surface area (Å²) in [4.78, 5) is 0. The molecule has 0 saturated heterocycles. The van der Waals surface area contributed by atoms with Gasteiger partial charge in [-0.05, 0) is 43.3 Å². The Labute approximate surface area is 143 Å². The van der Waals surface area contributed by atoms with Crippen molar-refractivity contribution in [2.75, 3.05) is 13.7 Å². The van der Waals surface area contributed by atoms with Crippen molar-refractivity contribution >= 4 is 39.1 Å². The minimum Gasteiger partial charge on any atom is -0.492 e. The number of halogens is 3. The maximum Gasteiger partial charge on any atom is 0.139 e. The van der Waals surface area contributed by atoms with E-state index in [0.29, 0.717) is 22.4 Å². The van der Waals surface area contributed by atoms with E-state index in [4.69, 9.17) is 27.9 Å². The van der Waals surface area contributed by atoms with Crippen LogP contribution in [0.5, 0.6) is 5.75 Å². The standard InChI is InChI=1S/C16H16BrCl2NO/c1-3-21-15-9-13(18)12(8-14(15)19)16(20-2)10-5-4-6-11(17)7-10/h4-9,16,20H,3H2,1-2H3. The van der Waals surface area contributed by atoms with E-state index in [1.54, 1.807) is 6.07 Å². The smallest absolute Gasteiger partial charge is 0.139 e. The molecule has 21 heavy (non-hydrogen) atoms. The maximum atomic E-state index is 6.41. The van der Waals surface area contributed by atoms with Gasteiger partial charge in [0.2, 0.25) is 0 Å². The minimum absolute atomic E-state index is 0.0387. The monoisotopic (exact) mass is 387 g/mol. The average Bonchev–Trinajstić information content (AvgIpc) is 2.45. The van der Waals surface area contributed by atoms with Gasteiger partial charge < -0.3 is 10.1 Å². The van der Waals surface area contributed by atoms with Crippen LogP contribution in [0.25, 0.3) is 0 Å². The summed E-state index contributed by atoms with van der Waals surface area (Å²) in [5.41, 5.74) is 2.03. The molecule has 2 aromatic carbocycles. The van der Waals surface area contributed by atoms with Crippen molar-refractivity contribution in [3.8, 4) is 5.75 Å². The molecule has 2 rings (SSSR count). The molecule has 1 unspecified atom stereocenters. The van der Waals surface area contributed by atoms with E-state index >= 15 is 0 Å². The van der Waals surface area contributed by atoms with Gasteiger partial charge in [-0.15, -0.1) is 0 Å². The summed E-state index contributed by atoms with van der Waals surface area (Å²) in [6, 6.07) is 11.7. The van der Waals surface area contributed by atoms with Gasteiger partial charge in [-0.25, -0.2) is 0 Å². The zero-order chi connectivity index (χ0) is 15.4. The van der Waals surface area contributed by atoms with E-state index < -0.39 is 0 Å². The molecule has 0 aliphatic rings. The molecule has 0 saturated carbocycles. The van der Waals surface area contributed by atoms with Crippen LogP contribution in [0, 0.1) is 0 Å². The van der Waals surface area contributed by atoms with Crippen molar-refractivity contribution in [2.24, 2.45) is 0 Å². The number of ether oxygens (including phenoxy) is 1. The fraction of sp³-hybridized carbons (Fsp3) is 0.250. The van der Waals surface area contributed by atoms with Crippen molar-refractivity contribution in [1.82, 2.24) is 5.32 Å². The van der Waals surface area contributed by atoms with E-state index in [1.807, 2.05) is 38.2 Å². The lowest BCUT2D eigenvalue weighted by atomic mass is 9.98. The summed E-state index contributed by atoms with van der Waals surface area (Å²) in [5.74, 6) is 0.608. The number of hydrogen-bond donors (Lipinski definition) is 1. The lowest BCUT2D eigenvalue weighted by Crippen LogP contribution is -2.18. The molecule has 0 bridgehead atoms. The van der Waals surface area contributed by atoms with Crippen LogP contribution in [-0.2, 0) is 0 Å². The van der Waals surface area contributed by atoms with E-state index in [9.17, 15) is 0 Å². The average molecular weight is 389 g/mol. The second-order valence-corrected chi connectivity index (χ2v) is 6.24. The Morgan fingerprint density at radius 2 is 1.95 bits per heavy atom. The lowest BCUT2D eigenvalue weighted by Gasteiger charge is -2.20.